The molecule has 0 amide bonds. The third-order valence-electron chi connectivity index (χ3n) is 3.92. The summed E-state index contributed by atoms with van der Waals surface area (Å²) in [5, 5.41) is 3.65. The van der Waals surface area contributed by atoms with Gasteiger partial charge in [0, 0.05) is 12.2 Å². The maximum absolute atomic E-state index is 6.01. The van der Waals surface area contributed by atoms with Crippen molar-refractivity contribution >= 4 is 0 Å². The molecule has 2 atom stereocenters. The van der Waals surface area contributed by atoms with Crippen LogP contribution in [-0.4, -0.2) is 26.4 Å². The first-order valence-electron chi connectivity index (χ1n) is 7.75. The predicted molar refractivity (Wildman–Crippen MR) is 82.4 cm³/mol. The number of benzene rings is 1. The maximum Gasteiger partial charge on any atom is 0.123 e. The average Bonchev–Trinajstić information content (AvgIpc) is 2.49. The van der Waals surface area contributed by atoms with E-state index < -0.39 is 0 Å². The number of hydrogen-bond donors (Lipinski definition) is 1. The summed E-state index contributed by atoms with van der Waals surface area (Å²) in [6, 6.07) is 6.62. The fourth-order valence-electron chi connectivity index (χ4n) is 2.87. The molecule has 3 heteroatoms. The summed E-state index contributed by atoms with van der Waals surface area (Å²) in [6.45, 7) is 6.20. The van der Waals surface area contributed by atoms with Crippen LogP contribution in [0.15, 0.2) is 18.2 Å². The minimum absolute atomic E-state index is 0.227. The van der Waals surface area contributed by atoms with Gasteiger partial charge in [-0.2, -0.15) is 0 Å². The van der Waals surface area contributed by atoms with Gasteiger partial charge in [-0.3, -0.25) is 0 Å². The quantitative estimate of drug-likeness (QED) is 0.861. The van der Waals surface area contributed by atoms with E-state index in [1.54, 1.807) is 7.11 Å². The Labute approximate surface area is 122 Å². The second-order valence-electron chi connectivity index (χ2n) is 5.58. The second kappa shape index (κ2) is 7.65. The fraction of sp³-hybridized carbons (Fsp3) is 0.647. The zero-order valence-corrected chi connectivity index (χ0v) is 12.9. The molecule has 1 N–H and O–H groups in total. The van der Waals surface area contributed by atoms with Crippen LogP contribution in [0.1, 0.15) is 49.8 Å². The fourth-order valence-corrected chi connectivity index (χ4v) is 2.87. The van der Waals surface area contributed by atoms with Gasteiger partial charge in [-0.25, -0.2) is 0 Å². The van der Waals surface area contributed by atoms with Gasteiger partial charge in [0.25, 0.3) is 0 Å². The molecule has 112 valence electrons. The molecule has 0 aliphatic carbocycles. The molecular weight excluding hydrogens is 250 g/mol. The van der Waals surface area contributed by atoms with Crippen molar-refractivity contribution in [1.82, 2.24) is 5.32 Å². The van der Waals surface area contributed by atoms with Crippen LogP contribution in [0.4, 0.5) is 0 Å². The second-order valence-corrected chi connectivity index (χ2v) is 5.58. The van der Waals surface area contributed by atoms with Crippen LogP contribution in [0.5, 0.6) is 5.75 Å². The van der Waals surface area contributed by atoms with Crippen LogP contribution >= 0.6 is 0 Å². The maximum atomic E-state index is 6.01. The predicted octanol–water partition coefficient (Wildman–Crippen LogP) is 3.61. The minimum Gasteiger partial charge on any atom is -0.496 e. The third-order valence-corrected chi connectivity index (χ3v) is 3.92. The highest BCUT2D eigenvalue weighted by atomic mass is 16.5. The van der Waals surface area contributed by atoms with E-state index in [2.05, 4.69) is 37.4 Å². The highest BCUT2D eigenvalue weighted by molar-refractivity contribution is 5.39. The molecule has 1 aromatic carbocycles. The Morgan fingerprint density at radius 3 is 2.90 bits per heavy atom. The van der Waals surface area contributed by atoms with E-state index in [1.165, 1.54) is 24.0 Å². The van der Waals surface area contributed by atoms with Crippen molar-refractivity contribution in [3.8, 4) is 5.75 Å². The van der Waals surface area contributed by atoms with Gasteiger partial charge in [0.05, 0.1) is 19.3 Å². The Morgan fingerprint density at radius 1 is 1.40 bits per heavy atom. The highest BCUT2D eigenvalue weighted by Crippen LogP contribution is 2.33. The summed E-state index contributed by atoms with van der Waals surface area (Å²) < 4.78 is 11.6. The van der Waals surface area contributed by atoms with Crippen molar-refractivity contribution in [2.24, 2.45) is 0 Å². The summed E-state index contributed by atoms with van der Waals surface area (Å²) >= 11 is 0. The Balaban J connectivity index is 2.26. The summed E-state index contributed by atoms with van der Waals surface area (Å²) in [6.07, 6.45) is 4.94. The highest BCUT2D eigenvalue weighted by Gasteiger charge is 2.27. The molecule has 0 saturated carbocycles. The lowest BCUT2D eigenvalue weighted by Gasteiger charge is -2.32. The summed E-state index contributed by atoms with van der Waals surface area (Å²) in [5.41, 5.74) is 2.49. The zero-order valence-electron chi connectivity index (χ0n) is 12.9. The van der Waals surface area contributed by atoms with Crippen LogP contribution in [0.3, 0.4) is 0 Å². The number of methoxy groups -OCH3 is 1. The van der Waals surface area contributed by atoms with Crippen molar-refractivity contribution in [1.29, 1.82) is 0 Å². The van der Waals surface area contributed by atoms with E-state index in [-0.39, 0.29) is 12.1 Å². The first kappa shape index (κ1) is 15.3. The molecular formula is C17H27NO2. The summed E-state index contributed by atoms with van der Waals surface area (Å²) in [4.78, 5) is 0. The molecule has 1 saturated heterocycles. The van der Waals surface area contributed by atoms with Crippen LogP contribution in [-0.2, 0) is 4.74 Å². The van der Waals surface area contributed by atoms with E-state index >= 15 is 0 Å². The standard InChI is InChI=1S/C17H27NO2/c1-4-10-18-17(16-7-5-6-11-20-16)14-12-13(2)8-9-15(14)19-3/h8-9,12,16-18H,4-7,10-11H2,1-3H3. The van der Waals surface area contributed by atoms with E-state index in [4.69, 9.17) is 9.47 Å². The third kappa shape index (κ3) is 3.74. The van der Waals surface area contributed by atoms with E-state index in [9.17, 15) is 0 Å². The lowest BCUT2D eigenvalue weighted by molar-refractivity contribution is -0.00860. The number of nitrogens with one attached hydrogen (secondary N) is 1. The van der Waals surface area contributed by atoms with Crippen molar-refractivity contribution in [3.63, 3.8) is 0 Å². The van der Waals surface area contributed by atoms with Gasteiger partial charge in [-0.05, 0) is 45.2 Å². The van der Waals surface area contributed by atoms with Crippen molar-refractivity contribution in [2.75, 3.05) is 20.3 Å². The lowest BCUT2D eigenvalue weighted by atomic mass is 9.93. The van der Waals surface area contributed by atoms with Crippen LogP contribution in [0.2, 0.25) is 0 Å². The van der Waals surface area contributed by atoms with Gasteiger partial charge in [0.2, 0.25) is 0 Å². The minimum atomic E-state index is 0.227. The number of hydrogen-bond acceptors (Lipinski definition) is 3. The van der Waals surface area contributed by atoms with Gasteiger partial charge in [-0.1, -0.05) is 24.6 Å². The monoisotopic (exact) mass is 277 g/mol. The van der Waals surface area contributed by atoms with Gasteiger partial charge in [-0.15, -0.1) is 0 Å². The van der Waals surface area contributed by atoms with Crippen molar-refractivity contribution in [2.45, 2.75) is 51.7 Å². The van der Waals surface area contributed by atoms with Crippen LogP contribution in [0.25, 0.3) is 0 Å². The molecule has 0 bridgehead atoms. The summed E-state index contributed by atoms with van der Waals surface area (Å²) in [5.74, 6) is 0.957. The van der Waals surface area contributed by atoms with E-state index in [1.807, 2.05) is 0 Å². The number of ether oxygens (including phenoxy) is 2. The molecule has 0 aromatic heterocycles. The van der Waals surface area contributed by atoms with Crippen molar-refractivity contribution < 1.29 is 9.47 Å². The van der Waals surface area contributed by atoms with Crippen LogP contribution < -0.4 is 10.1 Å². The molecule has 20 heavy (non-hydrogen) atoms. The van der Waals surface area contributed by atoms with Crippen LogP contribution in [0, 0.1) is 6.92 Å². The molecule has 1 aromatic rings. The van der Waals surface area contributed by atoms with Crippen molar-refractivity contribution in [3.05, 3.63) is 29.3 Å². The Hall–Kier alpha value is -1.06. The molecule has 1 aliphatic rings. The van der Waals surface area contributed by atoms with E-state index in [0.29, 0.717) is 0 Å². The Morgan fingerprint density at radius 2 is 2.25 bits per heavy atom. The molecule has 1 fully saturated rings. The first-order chi connectivity index (χ1) is 9.76. The Kier molecular flexibility index (Phi) is 5.86. The Bertz CT molecular complexity index is 413. The average molecular weight is 277 g/mol. The molecule has 3 nitrogen and oxygen atoms in total. The first-order valence-corrected chi connectivity index (χ1v) is 7.75. The summed E-state index contributed by atoms with van der Waals surface area (Å²) in [7, 11) is 1.74. The smallest absolute Gasteiger partial charge is 0.123 e. The van der Waals surface area contributed by atoms with Gasteiger partial charge in [0.1, 0.15) is 5.75 Å². The topological polar surface area (TPSA) is 30.5 Å². The van der Waals surface area contributed by atoms with Gasteiger partial charge < -0.3 is 14.8 Å². The van der Waals surface area contributed by atoms with E-state index in [0.717, 1.165) is 31.7 Å². The number of aryl methyl sites for hydroxylation is 1. The normalized spacial score (nSPS) is 20.6. The largest absolute Gasteiger partial charge is 0.496 e. The molecule has 0 spiro atoms. The zero-order chi connectivity index (χ0) is 14.4. The van der Waals surface area contributed by atoms with Gasteiger partial charge >= 0.3 is 0 Å². The molecule has 2 unspecified atom stereocenters. The molecule has 1 aliphatic heterocycles. The number of rotatable bonds is 6. The SMILES string of the molecule is CCCNC(c1cc(C)ccc1OC)C1CCCCO1. The molecule has 0 radical (unpaired) electrons. The molecule has 2 rings (SSSR count). The van der Waals surface area contributed by atoms with Gasteiger partial charge in [0.15, 0.2) is 0 Å². The lowest BCUT2D eigenvalue weighted by Crippen LogP contribution is -2.36. The molecule has 1 heterocycles.